The smallest absolute Gasteiger partial charge is 0.147 e. The van der Waals surface area contributed by atoms with Crippen molar-refractivity contribution in [3.8, 4) is 0 Å². The van der Waals surface area contributed by atoms with Crippen LogP contribution in [0, 0.1) is 5.92 Å². The Morgan fingerprint density at radius 1 is 0.955 bits per heavy atom. The second kappa shape index (κ2) is 9.72. The molecular weight excluding hydrogens is 453 g/mol. The molecule has 1 aromatic carbocycles. The molecule has 22 heavy (non-hydrogen) atoms. The molecule has 0 saturated carbocycles. The first-order valence-electron chi connectivity index (χ1n) is 7.24. The van der Waals surface area contributed by atoms with Crippen molar-refractivity contribution < 1.29 is 20.4 Å². The zero-order chi connectivity index (χ0) is 14.9. The first kappa shape index (κ1) is 22.5. The van der Waals surface area contributed by atoms with Crippen LogP contribution in [0.1, 0.15) is 27.7 Å². The van der Waals surface area contributed by atoms with Crippen LogP contribution in [0.2, 0.25) is 11.5 Å². The quantitative estimate of drug-likeness (QED) is 0.493. The maximum atomic E-state index is 2.76. The maximum absolute atomic E-state index is 2.76. The van der Waals surface area contributed by atoms with E-state index in [2.05, 4.69) is 72.4 Å². The van der Waals surface area contributed by atoms with Gasteiger partial charge in [0.2, 0.25) is 0 Å². The zero-order valence-electron chi connectivity index (χ0n) is 14.2. The molecule has 1 unspecified atom stereocenters. The van der Waals surface area contributed by atoms with Crippen LogP contribution in [-0.4, -0.2) is 9.98 Å². The summed E-state index contributed by atoms with van der Waals surface area (Å²) >= 11 is -0.474. The fourth-order valence-corrected chi connectivity index (χ4v) is 14.4. The molecule has 0 bridgehead atoms. The molecule has 1 nitrogen and oxygen atoms in total. The van der Waals surface area contributed by atoms with Crippen molar-refractivity contribution in [3.05, 3.63) is 52.7 Å². The van der Waals surface area contributed by atoms with E-state index >= 15 is 0 Å². The molecule has 0 radical (unpaired) electrons. The molecule has 0 N–H and O–H groups in total. The van der Waals surface area contributed by atoms with Gasteiger partial charge in [0.05, 0.1) is 0 Å². The number of allylic oxidation sites excluding steroid dienone is 3. The number of para-hydroxylation sites is 1. The topological polar surface area (TPSA) is 3.24 Å². The third-order valence-electron chi connectivity index (χ3n) is 4.19. The van der Waals surface area contributed by atoms with Crippen molar-refractivity contribution >= 4 is 40.5 Å². The Morgan fingerprint density at radius 3 is 1.91 bits per heavy atom. The summed E-state index contributed by atoms with van der Waals surface area (Å²) in [4.78, 5) is 0. The summed E-state index contributed by atoms with van der Waals surface area (Å²) in [7, 11) is -0.770. The molecule has 0 aromatic heterocycles. The van der Waals surface area contributed by atoms with E-state index in [1.165, 1.54) is 16.8 Å². The van der Waals surface area contributed by atoms with E-state index in [1.807, 2.05) is 0 Å². The van der Waals surface area contributed by atoms with E-state index in [1.54, 1.807) is 11.3 Å². The maximum Gasteiger partial charge on any atom is -0.147 e. The van der Waals surface area contributed by atoms with Gasteiger partial charge in [-0.2, -0.15) is 0 Å². The minimum absolute atomic E-state index is 0. The molecule has 1 aromatic rings. The monoisotopic (exact) mass is 478 g/mol. The molecule has 0 saturated heterocycles. The van der Waals surface area contributed by atoms with Gasteiger partial charge in [-0.15, -0.1) is 24.8 Å². The van der Waals surface area contributed by atoms with Crippen molar-refractivity contribution in [1.29, 1.82) is 0 Å². The van der Waals surface area contributed by atoms with Crippen molar-refractivity contribution in [2.45, 2.75) is 39.2 Å². The summed E-state index contributed by atoms with van der Waals surface area (Å²) in [6.07, 6.45) is 0. The van der Waals surface area contributed by atoms with E-state index in [0.29, 0.717) is 5.92 Å². The Balaban J connectivity index is 0.00000220. The molecular formula is C17H26Cl2GeNZr. The van der Waals surface area contributed by atoms with Crippen LogP contribution in [0.5, 0.6) is 0 Å². The normalized spacial score (nSPS) is 16.7. The van der Waals surface area contributed by atoms with Crippen LogP contribution >= 0.6 is 24.8 Å². The Labute approximate surface area is 160 Å². The average molecular weight is 479 g/mol. The van der Waals surface area contributed by atoms with Gasteiger partial charge in [-0.3, -0.25) is 0 Å². The van der Waals surface area contributed by atoms with Crippen molar-refractivity contribution in [2.75, 3.05) is 2.84 Å². The zero-order valence-corrected chi connectivity index (χ0v) is 20.4. The minimum Gasteiger partial charge on any atom is -0.147 e. The van der Waals surface area contributed by atoms with Crippen LogP contribution in [0.3, 0.4) is 0 Å². The van der Waals surface area contributed by atoms with Gasteiger partial charge >= 0.3 is 137 Å². The number of nitrogens with zero attached hydrogens (tertiary/aromatic N) is 1. The summed E-state index contributed by atoms with van der Waals surface area (Å²) in [5, 5.41) is 0. The van der Waals surface area contributed by atoms with Gasteiger partial charge in [0.15, 0.2) is 0 Å². The summed E-state index contributed by atoms with van der Waals surface area (Å²) in [5.41, 5.74) is 7.63. The summed E-state index contributed by atoms with van der Waals surface area (Å²) in [6, 6.07) is 11.1. The Bertz CT molecular complexity index is 604. The van der Waals surface area contributed by atoms with Crippen LogP contribution in [-0.2, 0) is 20.4 Å². The molecule has 0 fully saturated rings. The van der Waals surface area contributed by atoms with E-state index in [9.17, 15) is 0 Å². The molecule has 0 amide bonds. The van der Waals surface area contributed by atoms with Gasteiger partial charge in [0, 0.05) is 0 Å². The van der Waals surface area contributed by atoms with Gasteiger partial charge in [-0.25, -0.2) is 0 Å². The molecule has 0 aliphatic heterocycles. The first-order chi connectivity index (χ1) is 9.43. The Kier molecular flexibility index (Phi) is 9.94. The number of hydrogen-bond donors (Lipinski definition) is 0. The Hall–Kier alpha value is 0.506. The molecule has 1 aliphatic rings. The SMILES string of the molecule is CC1=C(C)C(C)C([N]([Zr]=[Ge]([CH3])[CH3])c2ccccc2)=C1C.Cl.Cl. The summed E-state index contributed by atoms with van der Waals surface area (Å²) in [5.74, 6) is 5.66. The molecule has 121 valence electrons. The number of benzene rings is 1. The number of rotatable bonds is 3. The van der Waals surface area contributed by atoms with Crippen molar-refractivity contribution in [3.63, 3.8) is 0 Å². The van der Waals surface area contributed by atoms with Crippen LogP contribution in [0.4, 0.5) is 5.69 Å². The van der Waals surface area contributed by atoms with Crippen LogP contribution < -0.4 is 2.84 Å². The molecule has 0 spiro atoms. The second-order valence-electron chi connectivity index (χ2n) is 5.82. The van der Waals surface area contributed by atoms with E-state index < -0.39 is 30.4 Å². The second-order valence-corrected chi connectivity index (χ2v) is 27.2. The predicted molar refractivity (Wildman–Crippen MR) is 101 cm³/mol. The van der Waals surface area contributed by atoms with Crippen LogP contribution in [0.25, 0.3) is 0 Å². The molecule has 0 heterocycles. The standard InChI is InChI=1S/C15H18N.C2H6Ge.2ClH.Zr/c1-10-11(2)13(4)15(12(10)3)16-14-8-6-5-7-9-14;1-3-2;;;/h5-9,12H,1-4H3;1-2H3;2*1H;/q-1;;;;+1. The molecule has 2 rings (SSSR count). The van der Waals surface area contributed by atoms with Gasteiger partial charge in [0.25, 0.3) is 0 Å². The van der Waals surface area contributed by atoms with Gasteiger partial charge in [-0.1, -0.05) is 0 Å². The van der Waals surface area contributed by atoms with Gasteiger partial charge in [0.1, 0.15) is 0 Å². The number of anilines is 1. The van der Waals surface area contributed by atoms with Crippen molar-refractivity contribution in [2.24, 2.45) is 5.92 Å². The Morgan fingerprint density at radius 2 is 1.50 bits per heavy atom. The molecule has 1 atom stereocenters. The summed E-state index contributed by atoms with van der Waals surface area (Å²) < 4.78 is 2.76. The molecule has 5 heteroatoms. The third kappa shape index (κ3) is 4.76. The fourth-order valence-electron chi connectivity index (χ4n) is 2.77. The van der Waals surface area contributed by atoms with Gasteiger partial charge in [-0.05, 0) is 0 Å². The average Bonchev–Trinajstić information content (AvgIpc) is 2.62. The van der Waals surface area contributed by atoms with E-state index in [-0.39, 0.29) is 24.8 Å². The third-order valence-corrected chi connectivity index (χ3v) is 15.4. The van der Waals surface area contributed by atoms with Crippen molar-refractivity contribution in [1.82, 2.24) is 0 Å². The number of halogens is 2. The largest absolute Gasteiger partial charge is 0.147 e. The van der Waals surface area contributed by atoms with Crippen LogP contribution in [0.15, 0.2) is 52.7 Å². The number of hydrogen-bond acceptors (Lipinski definition) is 1. The minimum atomic E-state index is -0.770. The van der Waals surface area contributed by atoms with E-state index in [0.717, 1.165) is 0 Å². The van der Waals surface area contributed by atoms with E-state index in [4.69, 9.17) is 0 Å². The summed E-state index contributed by atoms with van der Waals surface area (Å²) in [6.45, 7) is 9.29. The predicted octanol–water partition coefficient (Wildman–Crippen LogP) is 5.85. The first-order valence-corrected chi connectivity index (χ1v) is 20.0. The molecule has 1 aliphatic carbocycles. The van der Waals surface area contributed by atoms with Gasteiger partial charge < -0.3 is 0 Å². The fraction of sp³-hybridized carbons (Fsp3) is 0.412.